The summed E-state index contributed by atoms with van der Waals surface area (Å²) in [5, 5.41) is 35.2. The summed E-state index contributed by atoms with van der Waals surface area (Å²) >= 11 is 0. The second-order valence-corrected chi connectivity index (χ2v) is 5.43. The van der Waals surface area contributed by atoms with Crippen molar-refractivity contribution in [2.24, 2.45) is 5.11 Å². The number of nitrogens with zero attached hydrogens (tertiary/aromatic N) is 2. The van der Waals surface area contributed by atoms with Gasteiger partial charge in [-0.1, -0.05) is 0 Å². The Bertz CT molecular complexity index is 986. The van der Waals surface area contributed by atoms with Gasteiger partial charge in [0.25, 0.3) is 5.69 Å². The molecule has 0 aromatic heterocycles. The maximum absolute atomic E-state index is 12.7. The Morgan fingerprint density at radius 3 is 1.66 bits per heavy atom. The molecule has 2 rings (SSSR count). The molecule has 0 aliphatic rings. The molecule has 2 aromatic carbocycles. The summed E-state index contributed by atoms with van der Waals surface area (Å²) < 4.78 is 20.3. The van der Waals surface area contributed by atoms with Gasteiger partial charge in [0, 0.05) is 23.3 Å². The first kappa shape index (κ1) is 21.3. The predicted molar refractivity (Wildman–Crippen MR) is 98.4 cm³/mol. The highest BCUT2D eigenvalue weighted by atomic mass is 16.5. The zero-order valence-corrected chi connectivity index (χ0v) is 16.0. The minimum Gasteiger partial charge on any atom is -0.594 e. The largest absolute Gasteiger partial charge is 0.594 e. The molecule has 154 valence electrons. The SMILES string of the molecule is COc1cc(N=[N+]([O-])c2cc(OC)c(OC)cc2C(=O)O)c(C(=O)O)cc1OC. The van der Waals surface area contributed by atoms with Crippen LogP contribution >= 0.6 is 0 Å². The average molecular weight is 406 g/mol. The molecule has 0 aliphatic heterocycles. The van der Waals surface area contributed by atoms with Crippen molar-refractivity contribution >= 4 is 23.3 Å². The molecule has 0 radical (unpaired) electrons. The Kier molecular flexibility index (Phi) is 6.44. The van der Waals surface area contributed by atoms with Crippen LogP contribution in [0.3, 0.4) is 0 Å². The van der Waals surface area contributed by atoms with Crippen LogP contribution in [-0.4, -0.2) is 55.5 Å². The van der Waals surface area contributed by atoms with Gasteiger partial charge in [-0.2, -0.15) is 0 Å². The lowest BCUT2D eigenvalue weighted by Crippen LogP contribution is -2.06. The first-order valence-corrected chi connectivity index (χ1v) is 7.94. The number of ether oxygens (including phenoxy) is 4. The molecule has 0 atom stereocenters. The second-order valence-electron chi connectivity index (χ2n) is 5.43. The van der Waals surface area contributed by atoms with Crippen molar-refractivity contribution in [3.63, 3.8) is 0 Å². The van der Waals surface area contributed by atoms with Gasteiger partial charge in [0.1, 0.15) is 5.56 Å². The van der Waals surface area contributed by atoms with Crippen LogP contribution < -0.4 is 18.9 Å². The number of hydrogen-bond acceptors (Lipinski definition) is 8. The van der Waals surface area contributed by atoms with E-state index < -0.39 is 17.5 Å². The Morgan fingerprint density at radius 2 is 1.21 bits per heavy atom. The summed E-state index contributed by atoms with van der Waals surface area (Å²) in [6, 6.07) is 4.55. The minimum atomic E-state index is -1.41. The van der Waals surface area contributed by atoms with Crippen LogP contribution in [0.2, 0.25) is 0 Å². The van der Waals surface area contributed by atoms with Crippen molar-refractivity contribution in [3.8, 4) is 23.0 Å². The number of methoxy groups -OCH3 is 4. The van der Waals surface area contributed by atoms with Crippen LogP contribution in [0, 0.1) is 5.21 Å². The van der Waals surface area contributed by atoms with Crippen molar-refractivity contribution < 1.29 is 43.6 Å². The summed E-state index contributed by atoms with van der Waals surface area (Å²) in [6.45, 7) is 0. The molecule has 0 heterocycles. The summed E-state index contributed by atoms with van der Waals surface area (Å²) in [4.78, 5) is 23.1. The number of azo groups is 1. The third-order valence-electron chi connectivity index (χ3n) is 3.87. The van der Waals surface area contributed by atoms with Gasteiger partial charge in [-0.05, 0) is 4.86 Å². The maximum Gasteiger partial charge on any atom is 0.342 e. The lowest BCUT2D eigenvalue weighted by molar-refractivity contribution is -0.435. The smallest absolute Gasteiger partial charge is 0.342 e. The fraction of sp³-hybridized carbons (Fsp3) is 0.222. The molecule has 0 spiro atoms. The molecule has 11 nitrogen and oxygen atoms in total. The topological polar surface area (TPSA) is 150 Å². The van der Waals surface area contributed by atoms with Gasteiger partial charge in [0.15, 0.2) is 28.7 Å². The number of rotatable bonds is 8. The zero-order valence-electron chi connectivity index (χ0n) is 16.0. The Morgan fingerprint density at radius 1 is 0.793 bits per heavy atom. The molecule has 29 heavy (non-hydrogen) atoms. The predicted octanol–water partition coefficient (Wildman–Crippen LogP) is 3.04. The molecular formula is C18H18N2O9. The molecule has 11 heteroatoms. The first-order valence-electron chi connectivity index (χ1n) is 7.94. The van der Waals surface area contributed by atoms with Crippen LogP contribution in [0.25, 0.3) is 0 Å². The number of carbonyl (C=O) groups is 2. The Labute approximate surface area is 164 Å². The second kappa shape index (κ2) is 8.78. The Hall–Kier alpha value is -4.02. The standard InChI is InChI=1S/C18H18N2O9/c1-26-13-5-9(17(21)22)11(7-15(13)28-3)19-20(25)12-8-16(29-4)14(27-2)6-10(12)18(23)24/h5-8H,1-4H3,(H,21,22)(H,23,24). The molecule has 0 aliphatic carbocycles. The van der Waals surface area contributed by atoms with Gasteiger partial charge in [0.2, 0.25) is 0 Å². The number of aromatic carboxylic acids is 2. The van der Waals surface area contributed by atoms with Crippen molar-refractivity contribution in [1.29, 1.82) is 0 Å². The van der Waals surface area contributed by atoms with E-state index in [1.165, 1.54) is 34.5 Å². The van der Waals surface area contributed by atoms with Gasteiger partial charge < -0.3 is 34.4 Å². The number of benzene rings is 2. The molecule has 0 unspecified atom stereocenters. The van der Waals surface area contributed by atoms with Gasteiger partial charge in [0.05, 0.1) is 40.1 Å². The maximum atomic E-state index is 12.7. The van der Waals surface area contributed by atoms with Crippen molar-refractivity contribution in [2.75, 3.05) is 28.4 Å². The van der Waals surface area contributed by atoms with E-state index >= 15 is 0 Å². The van der Waals surface area contributed by atoms with E-state index in [-0.39, 0.29) is 44.8 Å². The third kappa shape index (κ3) is 4.29. The van der Waals surface area contributed by atoms with Crippen LogP contribution in [0.15, 0.2) is 29.4 Å². The quantitative estimate of drug-likeness (QED) is 0.383. The van der Waals surface area contributed by atoms with Gasteiger partial charge in [-0.15, -0.1) is 0 Å². The molecule has 0 fully saturated rings. The van der Waals surface area contributed by atoms with Gasteiger partial charge in [-0.3, -0.25) is 0 Å². The fourth-order valence-corrected chi connectivity index (χ4v) is 2.47. The summed E-state index contributed by atoms with van der Waals surface area (Å²) in [7, 11) is 5.27. The molecule has 0 saturated heterocycles. The molecule has 0 amide bonds. The zero-order chi connectivity index (χ0) is 21.7. The highest BCUT2D eigenvalue weighted by Gasteiger charge is 2.25. The van der Waals surface area contributed by atoms with Crippen LogP contribution in [0.5, 0.6) is 23.0 Å². The van der Waals surface area contributed by atoms with Crippen molar-refractivity contribution in [2.45, 2.75) is 0 Å². The van der Waals surface area contributed by atoms with E-state index in [2.05, 4.69) is 5.11 Å². The number of carboxylic acids is 2. The normalized spacial score (nSPS) is 11.0. The number of carboxylic acid groups (broad SMARTS) is 2. The summed E-state index contributed by atoms with van der Waals surface area (Å²) in [5.41, 5.74) is -1.42. The molecule has 0 saturated carbocycles. The Balaban J connectivity index is 2.73. The lowest BCUT2D eigenvalue weighted by Gasteiger charge is -2.12. The van der Waals surface area contributed by atoms with Crippen molar-refractivity contribution in [3.05, 3.63) is 40.6 Å². The fourth-order valence-electron chi connectivity index (χ4n) is 2.47. The lowest BCUT2D eigenvalue weighted by atomic mass is 10.1. The molecular weight excluding hydrogens is 388 g/mol. The van der Waals surface area contributed by atoms with Gasteiger partial charge in [-0.25, -0.2) is 9.59 Å². The van der Waals surface area contributed by atoms with E-state index in [0.717, 1.165) is 18.2 Å². The van der Waals surface area contributed by atoms with E-state index in [0.29, 0.717) is 0 Å². The average Bonchev–Trinajstić information content (AvgIpc) is 2.71. The number of hydrogen-bond donors (Lipinski definition) is 2. The third-order valence-corrected chi connectivity index (χ3v) is 3.87. The van der Waals surface area contributed by atoms with Gasteiger partial charge >= 0.3 is 11.9 Å². The van der Waals surface area contributed by atoms with Crippen LogP contribution in [-0.2, 0) is 0 Å². The van der Waals surface area contributed by atoms with Crippen LogP contribution in [0.4, 0.5) is 11.4 Å². The van der Waals surface area contributed by atoms with E-state index in [1.807, 2.05) is 0 Å². The van der Waals surface area contributed by atoms with E-state index in [1.54, 1.807) is 0 Å². The highest BCUT2D eigenvalue weighted by Crippen LogP contribution is 2.38. The highest BCUT2D eigenvalue weighted by molar-refractivity contribution is 5.95. The molecule has 2 aromatic rings. The molecule has 2 N–H and O–H groups in total. The first-order chi connectivity index (χ1) is 13.8. The van der Waals surface area contributed by atoms with E-state index in [4.69, 9.17) is 18.9 Å². The minimum absolute atomic E-state index is 0.0148. The monoisotopic (exact) mass is 406 g/mol. The summed E-state index contributed by atoms with van der Waals surface area (Å²) in [5.74, 6) is -2.34. The summed E-state index contributed by atoms with van der Waals surface area (Å²) in [6.07, 6.45) is 0. The van der Waals surface area contributed by atoms with Crippen LogP contribution in [0.1, 0.15) is 20.7 Å². The van der Waals surface area contributed by atoms with E-state index in [9.17, 15) is 25.0 Å². The van der Waals surface area contributed by atoms with Crippen molar-refractivity contribution in [1.82, 2.24) is 0 Å². The molecule has 0 bridgehead atoms.